The van der Waals surface area contributed by atoms with E-state index in [1.807, 2.05) is 12.1 Å². The molecule has 0 saturated heterocycles. The Labute approximate surface area is 121 Å². The summed E-state index contributed by atoms with van der Waals surface area (Å²) in [5.74, 6) is 0.163. The zero-order valence-electron chi connectivity index (χ0n) is 11.8. The smallest absolute Gasteiger partial charge is 0.286 e. The lowest BCUT2D eigenvalue weighted by Gasteiger charge is -2.29. The Balaban J connectivity index is 3.13. The highest BCUT2D eigenvalue weighted by molar-refractivity contribution is 9.10. The molecule has 0 aliphatic rings. The van der Waals surface area contributed by atoms with E-state index in [0.717, 1.165) is 10.0 Å². The quantitative estimate of drug-likeness (QED) is 0.717. The van der Waals surface area contributed by atoms with E-state index < -0.39 is 5.97 Å². The molecule has 0 heterocycles. The Morgan fingerprint density at radius 3 is 1.79 bits per heavy atom. The van der Waals surface area contributed by atoms with Gasteiger partial charge in [-0.05, 0) is 17.7 Å². The van der Waals surface area contributed by atoms with Gasteiger partial charge in [-0.2, -0.15) is 0 Å². The third kappa shape index (κ3) is 3.60. The Morgan fingerprint density at radius 2 is 1.37 bits per heavy atom. The Morgan fingerprint density at radius 1 is 0.895 bits per heavy atom. The molecule has 0 aliphatic carbocycles. The van der Waals surface area contributed by atoms with Crippen LogP contribution in [0.1, 0.15) is 5.56 Å². The van der Waals surface area contributed by atoms with Gasteiger partial charge in [-0.1, -0.05) is 15.9 Å². The first-order chi connectivity index (χ1) is 9.05. The molecule has 0 aliphatic heterocycles. The second-order valence-electron chi connectivity index (χ2n) is 3.77. The molecule has 0 aromatic heterocycles. The molecule has 5 nitrogen and oxygen atoms in total. The zero-order valence-corrected chi connectivity index (χ0v) is 13.4. The van der Waals surface area contributed by atoms with Crippen LogP contribution >= 0.6 is 15.9 Å². The van der Waals surface area contributed by atoms with Crippen molar-refractivity contribution < 1.29 is 23.7 Å². The summed E-state index contributed by atoms with van der Waals surface area (Å²) >= 11 is 3.49. The maximum Gasteiger partial charge on any atom is 0.286 e. The number of rotatable bonds is 7. The van der Waals surface area contributed by atoms with Crippen molar-refractivity contribution in [2.45, 2.75) is 12.4 Å². The van der Waals surface area contributed by atoms with E-state index in [2.05, 4.69) is 15.9 Å². The van der Waals surface area contributed by atoms with Crippen LogP contribution in [0.5, 0.6) is 11.5 Å². The summed E-state index contributed by atoms with van der Waals surface area (Å²) < 4.78 is 27.2. The van der Waals surface area contributed by atoms with Crippen LogP contribution in [-0.4, -0.2) is 41.5 Å². The van der Waals surface area contributed by atoms with Gasteiger partial charge < -0.3 is 23.7 Å². The number of ether oxygens (including phenoxy) is 5. The van der Waals surface area contributed by atoms with Gasteiger partial charge in [0.05, 0.1) is 20.6 Å². The van der Waals surface area contributed by atoms with Crippen molar-refractivity contribution in [3.8, 4) is 11.5 Å². The molecule has 0 unspecified atom stereocenters. The largest absolute Gasteiger partial charge is 0.493 e. The van der Waals surface area contributed by atoms with Gasteiger partial charge in [0.1, 0.15) is 0 Å². The molecule has 1 aromatic rings. The Bertz CT molecular complexity index is 409. The predicted molar refractivity (Wildman–Crippen MR) is 74.7 cm³/mol. The number of hydrogen-bond acceptors (Lipinski definition) is 5. The van der Waals surface area contributed by atoms with Crippen LogP contribution in [0.15, 0.2) is 16.6 Å². The van der Waals surface area contributed by atoms with Crippen molar-refractivity contribution in [2.75, 3.05) is 35.5 Å². The molecule has 19 heavy (non-hydrogen) atoms. The van der Waals surface area contributed by atoms with Gasteiger partial charge in [0.25, 0.3) is 5.97 Å². The summed E-state index contributed by atoms with van der Waals surface area (Å²) in [5, 5.41) is 0. The highest BCUT2D eigenvalue weighted by atomic mass is 79.9. The molecule has 0 radical (unpaired) electrons. The monoisotopic (exact) mass is 334 g/mol. The lowest BCUT2D eigenvalue weighted by atomic mass is 10.1. The van der Waals surface area contributed by atoms with Crippen LogP contribution in [0.3, 0.4) is 0 Å². The number of halogens is 1. The lowest BCUT2D eigenvalue weighted by molar-refractivity contribution is -0.351. The van der Waals surface area contributed by atoms with Crippen LogP contribution in [0.25, 0.3) is 0 Å². The minimum atomic E-state index is -1.12. The average molecular weight is 335 g/mol. The van der Waals surface area contributed by atoms with E-state index in [1.165, 1.54) is 21.3 Å². The standard InChI is InChI=1S/C13H19BrO5/c1-15-11-6-9(10(14)7-12(11)16-2)8-13(17-3,18-4)19-5/h6-7H,8H2,1-5H3. The summed E-state index contributed by atoms with van der Waals surface area (Å²) in [6, 6.07) is 3.69. The molecule has 0 amide bonds. The van der Waals surface area contributed by atoms with E-state index in [0.29, 0.717) is 17.9 Å². The van der Waals surface area contributed by atoms with E-state index in [-0.39, 0.29) is 0 Å². The van der Waals surface area contributed by atoms with Crippen LogP contribution in [0.4, 0.5) is 0 Å². The first kappa shape index (κ1) is 16.2. The minimum absolute atomic E-state index is 0.400. The Kier molecular flexibility index (Phi) is 6.06. The van der Waals surface area contributed by atoms with Gasteiger partial charge in [0, 0.05) is 25.8 Å². The molecule has 6 heteroatoms. The Hall–Kier alpha value is -0.820. The van der Waals surface area contributed by atoms with Gasteiger partial charge in [-0.25, -0.2) is 0 Å². The molecule has 1 aromatic carbocycles. The van der Waals surface area contributed by atoms with Crippen LogP contribution in [0.2, 0.25) is 0 Å². The van der Waals surface area contributed by atoms with Crippen molar-refractivity contribution in [2.24, 2.45) is 0 Å². The molecule has 0 bridgehead atoms. The van der Waals surface area contributed by atoms with Crippen LogP contribution in [0, 0.1) is 0 Å². The predicted octanol–water partition coefficient (Wildman–Crippen LogP) is 2.60. The summed E-state index contributed by atoms with van der Waals surface area (Å²) in [6.07, 6.45) is 0.400. The second kappa shape index (κ2) is 7.09. The highest BCUT2D eigenvalue weighted by Crippen LogP contribution is 2.35. The number of methoxy groups -OCH3 is 5. The minimum Gasteiger partial charge on any atom is -0.493 e. The van der Waals surface area contributed by atoms with Crippen molar-refractivity contribution in [1.82, 2.24) is 0 Å². The number of hydrogen-bond donors (Lipinski definition) is 0. The third-order valence-corrected chi connectivity index (χ3v) is 3.63. The van der Waals surface area contributed by atoms with E-state index >= 15 is 0 Å². The van der Waals surface area contributed by atoms with Crippen LogP contribution in [-0.2, 0) is 20.6 Å². The summed E-state index contributed by atoms with van der Waals surface area (Å²) in [5.41, 5.74) is 0.920. The third-order valence-electron chi connectivity index (χ3n) is 2.89. The van der Waals surface area contributed by atoms with Gasteiger partial charge >= 0.3 is 0 Å². The molecule has 0 N–H and O–H groups in total. The summed E-state index contributed by atoms with van der Waals surface area (Å²) in [6.45, 7) is 0. The summed E-state index contributed by atoms with van der Waals surface area (Å²) in [4.78, 5) is 0. The van der Waals surface area contributed by atoms with Gasteiger partial charge in [0.15, 0.2) is 11.5 Å². The van der Waals surface area contributed by atoms with Gasteiger partial charge in [-0.15, -0.1) is 0 Å². The number of benzene rings is 1. The molecule has 0 atom stereocenters. The fourth-order valence-electron chi connectivity index (χ4n) is 1.73. The molecule has 1 rings (SSSR count). The van der Waals surface area contributed by atoms with E-state index in [4.69, 9.17) is 23.7 Å². The fraction of sp³-hybridized carbons (Fsp3) is 0.538. The summed E-state index contributed by atoms with van der Waals surface area (Å²) in [7, 11) is 7.77. The topological polar surface area (TPSA) is 46.2 Å². The fourth-order valence-corrected chi connectivity index (χ4v) is 2.19. The SMILES string of the molecule is COc1cc(Br)c(CC(OC)(OC)OC)cc1OC. The van der Waals surface area contributed by atoms with Crippen molar-refractivity contribution in [3.05, 3.63) is 22.2 Å². The zero-order chi connectivity index (χ0) is 14.5. The van der Waals surface area contributed by atoms with Crippen LogP contribution < -0.4 is 9.47 Å². The molecular formula is C13H19BrO5. The van der Waals surface area contributed by atoms with Crippen molar-refractivity contribution >= 4 is 15.9 Å². The average Bonchev–Trinajstić information content (AvgIpc) is 2.46. The molecule has 0 saturated carbocycles. The molecule has 0 fully saturated rings. The molecular weight excluding hydrogens is 316 g/mol. The normalized spacial score (nSPS) is 11.5. The van der Waals surface area contributed by atoms with E-state index in [9.17, 15) is 0 Å². The van der Waals surface area contributed by atoms with Crippen molar-refractivity contribution in [3.63, 3.8) is 0 Å². The van der Waals surface area contributed by atoms with Gasteiger partial charge in [0.2, 0.25) is 0 Å². The first-order valence-corrected chi connectivity index (χ1v) is 6.41. The first-order valence-electron chi connectivity index (χ1n) is 5.61. The lowest BCUT2D eigenvalue weighted by Crippen LogP contribution is -2.38. The maximum absolute atomic E-state index is 5.29. The molecule has 108 valence electrons. The highest BCUT2D eigenvalue weighted by Gasteiger charge is 2.31. The van der Waals surface area contributed by atoms with Crippen molar-refractivity contribution in [1.29, 1.82) is 0 Å². The van der Waals surface area contributed by atoms with E-state index in [1.54, 1.807) is 14.2 Å². The van der Waals surface area contributed by atoms with Gasteiger partial charge in [-0.3, -0.25) is 0 Å². The maximum atomic E-state index is 5.29. The molecule has 0 spiro atoms. The second-order valence-corrected chi connectivity index (χ2v) is 4.63.